The predicted octanol–water partition coefficient (Wildman–Crippen LogP) is -0.287. The molecule has 0 saturated heterocycles. The molecular formula is C11H21NO5. The maximum Gasteiger partial charge on any atom is 0.320 e. The van der Waals surface area contributed by atoms with Gasteiger partial charge in [-0.3, -0.25) is 14.5 Å². The Balaban J connectivity index is 3.93. The van der Waals surface area contributed by atoms with Crippen LogP contribution in [0.5, 0.6) is 0 Å². The van der Waals surface area contributed by atoms with Crippen LogP contribution in [0.1, 0.15) is 6.92 Å². The Morgan fingerprint density at radius 3 is 2.00 bits per heavy atom. The van der Waals surface area contributed by atoms with Crippen molar-refractivity contribution in [1.82, 2.24) is 4.90 Å². The molecule has 0 unspecified atom stereocenters. The molecule has 0 heterocycles. The Bertz CT molecular complexity index is 224. The van der Waals surface area contributed by atoms with Crippen LogP contribution in [0.15, 0.2) is 0 Å². The van der Waals surface area contributed by atoms with Crippen molar-refractivity contribution in [2.24, 2.45) is 0 Å². The van der Waals surface area contributed by atoms with Crippen LogP contribution in [0.4, 0.5) is 0 Å². The fraction of sp³-hybridized carbons (Fsp3) is 0.818. The lowest BCUT2D eigenvalue weighted by molar-refractivity contribution is -0.148. The van der Waals surface area contributed by atoms with E-state index >= 15 is 0 Å². The molecule has 0 spiro atoms. The normalized spacial score (nSPS) is 10.6. The van der Waals surface area contributed by atoms with Gasteiger partial charge in [0.05, 0.1) is 19.8 Å². The number of Topliss-reactive ketones (excluding diaryl/α,β-unsaturated/α-hetero) is 1. The summed E-state index contributed by atoms with van der Waals surface area (Å²) in [6.45, 7) is 3.65. The lowest BCUT2D eigenvalue weighted by Crippen LogP contribution is -2.36. The lowest BCUT2D eigenvalue weighted by atomic mass is 10.4. The monoisotopic (exact) mass is 247 g/mol. The van der Waals surface area contributed by atoms with Crippen LogP contribution in [-0.4, -0.2) is 70.3 Å². The number of hydrogen-bond acceptors (Lipinski definition) is 6. The van der Waals surface area contributed by atoms with Gasteiger partial charge in [-0.15, -0.1) is 0 Å². The fourth-order valence-corrected chi connectivity index (χ4v) is 1.12. The van der Waals surface area contributed by atoms with Gasteiger partial charge in [0.25, 0.3) is 0 Å². The van der Waals surface area contributed by atoms with Crippen LogP contribution in [0.2, 0.25) is 0 Å². The molecular weight excluding hydrogens is 226 g/mol. The van der Waals surface area contributed by atoms with E-state index in [0.29, 0.717) is 26.3 Å². The first-order valence-electron chi connectivity index (χ1n) is 5.45. The van der Waals surface area contributed by atoms with Crippen LogP contribution in [0, 0.1) is 0 Å². The Hall–Kier alpha value is -0.980. The summed E-state index contributed by atoms with van der Waals surface area (Å²) >= 11 is 0. The van der Waals surface area contributed by atoms with E-state index in [2.05, 4.69) is 0 Å². The molecule has 6 nitrogen and oxygen atoms in total. The maximum atomic E-state index is 11.4. The molecule has 0 radical (unpaired) electrons. The van der Waals surface area contributed by atoms with Crippen molar-refractivity contribution in [1.29, 1.82) is 0 Å². The molecule has 6 heteroatoms. The summed E-state index contributed by atoms with van der Waals surface area (Å²) in [6, 6.07) is 0. The highest BCUT2D eigenvalue weighted by Crippen LogP contribution is 1.92. The second-order valence-corrected chi connectivity index (χ2v) is 3.62. The van der Waals surface area contributed by atoms with Gasteiger partial charge in [-0.05, 0) is 6.92 Å². The van der Waals surface area contributed by atoms with Gasteiger partial charge in [0.1, 0.15) is 6.61 Å². The molecule has 100 valence electrons. The molecule has 0 N–H and O–H groups in total. The van der Waals surface area contributed by atoms with E-state index in [9.17, 15) is 9.59 Å². The molecule has 0 aliphatic heterocycles. The van der Waals surface area contributed by atoms with Crippen molar-refractivity contribution >= 4 is 11.8 Å². The first kappa shape index (κ1) is 16.0. The quantitative estimate of drug-likeness (QED) is 0.494. The van der Waals surface area contributed by atoms with E-state index in [1.54, 1.807) is 14.2 Å². The van der Waals surface area contributed by atoms with E-state index in [4.69, 9.17) is 14.2 Å². The maximum absolute atomic E-state index is 11.4. The van der Waals surface area contributed by atoms with Crippen molar-refractivity contribution in [2.45, 2.75) is 6.92 Å². The zero-order valence-corrected chi connectivity index (χ0v) is 10.7. The number of carbonyl (C=O) groups excluding carboxylic acids is 2. The molecule has 0 aliphatic carbocycles. The highest BCUT2D eigenvalue weighted by molar-refractivity contribution is 5.80. The summed E-state index contributed by atoms with van der Waals surface area (Å²) in [6.07, 6.45) is 0. The standard InChI is InChI=1S/C11H21NO5/c1-10(13)9-17-11(14)8-12(4-6-15-2)5-7-16-3/h4-9H2,1-3H3. The van der Waals surface area contributed by atoms with Gasteiger partial charge in [-0.1, -0.05) is 0 Å². The van der Waals surface area contributed by atoms with E-state index in [1.807, 2.05) is 4.90 Å². The highest BCUT2D eigenvalue weighted by atomic mass is 16.5. The van der Waals surface area contributed by atoms with E-state index < -0.39 is 5.97 Å². The first-order chi connectivity index (χ1) is 8.10. The van der Waals surface area contributed by atoms with E-state index in [-0.39, 0.29) is 18.9 Å². The summed E-state index contributed by atoms with van der Waals surface area (Å²) in [7, 11) is 3.20. The molecule has 0 aromatic rings. The Morgan fingerprint density at radius 2 is 1.59 bits per heavy atom. The van der Waals surface area contributed by atoms with Gasteiger partial charge in [0, 0.05) is 27.3 Å². The molecule has 0 atom stereocenters. The largest absolute Gasteiger partial charge is 0.457 e. The number of nitrogens with zero attached hydrogens (tertiary/aromatic N) is 1. The smallest absolute Gasteiger partial charge is 0.320 e. The molecule has 0 aliphatic rings. The molecule has 0 aromatic heterocycles. The zero-order valence-electron chi connectivity index (χ0n) is 10.7. The second-order valence-electron chi connectivity index (χ2n) is 3.62. The molecule has 17 heavy (non-hydrogen) atoms. The molecule has 0 rings (SSSR count). The van der Waals surface area contributed by atoms with Crippen LogP contribution < -0.4 is 0 Å². The summed E-state index contributed by atoms with van der Waals surface area (Å²) in [5, 5.41) is 0. The van der Waals surface area contributed by atoms with Crippen molar-refractivity contribution in [3.05, 3.63) is 0 Å². The van der Waals surface area contributed by atoms with Crippen molar-refractivity contribution < 1.29 is 23.8 Å². The third kappa shape index (κ3) is 9.92. The lowest BCUT2D eigenvalue weighted by Gasteiger charge is -2.20. The van der Waals surface area contributed by atoms with Gasteiger partial charge in [-0.2, -0.15) is 0 Å². The summed E-state index contributed by atoms with van der Waals surface area (Å²) in [5.41, 5.74) is 0. The Labute approximate surface area is 102 Å². The van der Waals surface area contributed by atoms with Crippen molar-refractivity contribution in [2.75, 3.05) is 53.7 Å². The van der Waals surface area contributed by atoms with Gasteiger partial charge < -0.3 is 14.2 Å². The third-order valence-corrected chi connectivity index (χ3v) is 2.01. The minimum absolute atomic E-state index is 0.139. The SMILES string of the molecule is COCCN(CCOC)CC(=O)OCC(C)=O. The third-order valence-electron chi connectivity index (χ3n) is 2.01. The van der Waals surface area contributed by atoms with Crippen LogP contribution in [0.3, 0.4) is 0 Å². The topological polar surface area (TPSA) is 65.1 Å². The molecule has 0 saturated carbocycles. The van der Waals surface area contributed by atoms with Crippen LogP contribution in [0.25, 0.3) is 0 Å². The molecule has 0 fully saturated rings. The second kappa shape index (κ2) is 10.2. The van der Waals surface area contributed by atoms with Crippen molar-refractivity contribution in [3.8, 4) is 0 Å². The van der Waals surface area contributed by atoms with E-state index in [0.717, 1.165) is 0 Å². The number of hydrogen-bond donors (Lipinski definition) is 0. The average Bonchev–Trinajstić information content (AvgIpc) is 2.30. The van der Waals surface area contributed by atoms with Gasteiger partial charge in [0.15, 0.2) is 5.78 Å². The number of ketones is 1. The number of esters is 1. The number of carbonyl (C=O) groups is 2. The molecule has 0 amide bonds. The van der Waals surface area contributed by atoms with E-state index in [1.165, 1.54) is 6.92 Å². The van der Waals surface area contributed by atoms with Gasteiger partial charge >= 0.3 is 5.97 Å². The summed E-state index contributed by atoms with van der Waals surface area (Å²) in [5.74, 6) is -0.578. The summed E-state index contributed by atoms with van der Waals surface area (Å²) < 4.78 is 14.7. The highest BCUT2D eigenvalue weighted by Gasteiger charge is 2.12. The molecule has 0 aromatic carbocycles. The molecule has 0 bridgehead atoms. The van der Waals surface area contributed by atoms with Gasteiger partial charge in [-0.25, -0.2) is 0 Å². The average molecular weight is 247 g/mol. The van der Waals surface area contributed by atoms with Crippen LogP contribution in [-0.2, 0) is 23.8 Å². The minimum Gasteiger partial charge on any atom is -0.457 e. The Morgan fingerprint density at radius 1 is 1.06 bits per heavy atom. The van der Waals surface area contributed by atoms with Gasteiger partial charge in [0.2, 0.25) is 0 Å². The number of rotatable bonds is 10. The zero-order chi connectivity index (χ0) is 13.1. The number of methoxy groups -OCH3 is 2. The number of ether oxygens (including phenoxy) is 3. The van der Waals surface area contributed by atoms with Crippen molar-refractivity contribution in [3.63, 3.8) is 0 Å². The fourth-order valence-electron chi connectivity index (χ4n) is 1.12. The Kier molecular flexibility index (Phi) is 9.60. The first-order valence-corrected chi connectivity index (χ1v) is 5.45. The predicted molar refractivity (Wildman–Crippen MR) is 61.8 cm³/mol. The summed E-state index contributed by atoms with van der Waals surface area (Å²) in [4.78, 5) is 23.9. The van der Waals surface area contributed by atoms with Crippen LogP contribution >= 0.6 is 0 Å². The minimum atomic E-state index is -0.410.